The third kappa shape index (κ3) is 3.16. The molecule has 1 N–H and O–H groups in total. The molecule has 1 aliphatic heterocycles. The lowest BCUT2D eigenvalue weighted by molar-refractivity contribution is -0.116. The van der Waals surface area contributed by atoms with E-state index in [-0.39, 0.29) is 16.7 Å². The molecular formula is C15H22N2O2S. The van der Waals surface area contributed by atoms with E-state index < -0.39 is 11.4 Å². The largest absolute Gasteiger partial charge is 0.598 e. The van der Waals surface area contributed by atoms with Gasteiger partial charge in [-0.1, -0.05) is 18.2 Å². The lowest BCUT2D eigenvalue weighted by Crippen LogP contribution is -2.45. The van der Waals surface area contributed by atoms with Crippen LogP contribution in [-0.2, 0) is 16.2 Å². The highest BCUT2D eigenvalue weighted by Crippen LogP contribution is 2.34. The van der Waals surface area contributed by atoms with Gasteiger partial charge in [0, 0.05) is 30.5 Å². The predicted octanol–water partition coefficient (Wildman–Crippen LogP) is 2.54. The second kappa shape index (κ2) is 5.76. The Bertz CT molecular complexity index is 499. The molecule has 0 bridgehead atoms. The summed E-state index contributed by atoms with van der Waals surface area (Å²) in [6.45, 7) is 8.09. The van der Waals surface area contributed by atoms with Crippen molar-refractivity contribution in [2.24, 2.45) is 0 Å². The third-order valence-corrected chi connectivity index (χ3v) is 5.04. The molecular weight excluding hydrogens is 272 g/mol. The maximum Gasteiger partial charge on any atom is 0.223 e. The minimum absolute atomic E-state index is 0.0295. The van der Waals surface area contributed by atoms with Crippen LogP contribution in [0.15, 0.2) is 24.3 Å². The van der Waals surface area contributed by atoms with Gasteiger partial charge in [-0.2, -0.15) is 0 Å². The molecule has 4 nitrogen and oxygen atoms in total. The van der Waals surface area contributed by atoms with Gasteiger partial charge < -0.3 is 9.45 Å². The molecule has 1 aromatic rings. The lowest BCUT2D eigenvalue weighted by atomic mass is 9.97. The van der Waals surface area contributed by atoms with Gasteiger partial charge in [0.1, 0.15) is 4.75 Å². The summed E-state index contributed by atoms with van der Waals surface area (Å²) < 4.78 is 15.2. The first kappa shape index (κ1) is 15.4. The second-order valence-electron chi connectivity index (χ2n) is 6.07. The molecule has 1 aliphatic rings. The Hall–Kier alpha value is -1.04. The summed E-state index contributed by atoms with van der Waals surface area (Å²) in [7, 11) is 0. The maximum atomic E-state index is 12.3. The van der Waals surface area contributed by atoms with Crippen molar-refractivity contribution in [1.29, 1.82) is 0 Å². The highest BCUT2D eigenvalue weighted by molar-refractivity contribution is 7.90. The number of amides is 1. The Kier molecular flexibility index (Phi) is 4.42. The van der Waals surface area contributed by atoms with Crippen molar-refractivity contribution in [3.8, 4) is 0 Å². The minimum Gasteiger partial charge on any atom is -0.598 e. The molecule has 0 fully saturated rings. The van der Waals surface area contributed by atoms with E-state index in [1.807, 2.05) is 45.0 Å². The fourth-order valence-corrected chi connectivity index (χ4v) is 3.17. The van der Waals surface area contributed by atoms with Crippen LogP contribution < -0.4 is 9.62 Å². The lowest BCUT2D eigenvalue weighted by Gasteiger charge is -2.35. The number of fused-ring (bicyclic) bond motifs is 1. The summed E-state index contributed by atoms with van der Waals surface area (Å²) >= 11 is -1.12. The zero-order chi connectivity index (χ0) is 14.9. The zero-order valence-electron chi connectivity index (χ0n) is 12.5. The second-order valence-corrected chi connectivity index (χ2v) is 8.07. The molecule has 2 atom stereocenters. The Morgan fingerprint density at radius 2 is 2.05 bits per heavy atom. The number of benzene rings is 1. The molecule has 5 heteroatoms. The minimum atomic E-state index is -1.12. The molecule has 20 heavy (non-hydrogen) atoms. The highest BCUT2D eigenvalue weighted by Gasteiger charge is 2.33. The third-order valence-electron chi connectivity index (χ3n) is 3.43. The number of carbonyl (C=O) groups excluding carboxylic acids is 1. The molecule has 1 aromatic carbocycles. The number of anilines is 1. The molecule has 2 unspecified atom stereocenters. The molecule has 0 aliphatic carbocycles. The van der Waals surface area contributed by atoms with Gasteiger partial charge in [-0.3, -0.25) is 4.79 Å². The van der Waals surface area contributed by atoms with Crippen LogP contribution in [0.1, 0.15) is 45.7 Å². The normalized spacial score (nSPS) is 20.4. The first-order chi connectivity index (χ1) is 9.30. The van der Waals surface area contributed by atoms with Gasteiger partial charge in [-0.25, -0.2) is 0 Å². The van der Waals surface area contributed by atoms with E-state index in [1.165, 1.54) is 0 Å². The van der Waals surface area contributed by atoms with E-state index in [4.69, 9.17) is 0 Å². The number of nitrogens with one attached hydrogen (secondary N) is 1. The average molecular weight is 294 g/mol. The quantitative estimate of drug-likeness (QED) is 0.853. The number of rotatable bonds is 2. The van der Waals surface area contributed by atoms with Crippen molar-refractivity contribution in [3.63, 3.8) is 0 Å². The van der Waals surface area contributed by atoms with Gasteiger partial charge in [0.05, 0.1) is 6.04 Å². The first-order valence-electron chi connectivity index (χ1n) is 6.86. The number of hydrogen-bond donors (Lipinski definition) is 1. The van der Waals surface area contributed by atoms with Crippen molar-refractivity contribution >= 4 is 23.0 Å². The molecule has 0 saturated heterocycles. The van der Waals surface area contributed by atoms with E-state index in [0.717, 1.165) is 17.7 Å². The highest BCUT2D eigenvalue weighted by atomic mass is 32.2. The van der Waals surface area contributed by atoms with Crippen molar-refractivity contribution in [2.75, 3.05) is 11.4 Å². The van der Waals surface area contributed by atoms with Crippen LogP contribution in [0.25, 0.3) is 0 Å². The summed E-state index contributed by atoms with van der Waals surface area (Å²) in [5.74, 6) is 0.0489. The molecule has 1 amide bonds. The van der Waals surface area contributed by atoms with Crippen LogP contribution in [-0.4, -0.2) is 21.8 Å². The van der Waals surface area contributed by atoms with Gasteiger partial charge in [-0.05, 0) is 38.8 Å². The van der Waals surface area contributed by atoms with Crippen molar-refractivity contribution < 1.29 is 9.35 Å². The molecule has 1 heterocycles. The topological polar surface area (TPSA) is 55.4 Å². The Morgan fingerprint density at radius 3 is 2.65 bits per heavy atom. The molecule has 110 valence electrons. The standard InChI is InChI=1S/C15H22N2O2S/c1-11(18)17-10-9-13(16-20(19)15(2,3)4)12-7-5-6-8-14(12)17/h5-8,13,16H,9-10H2,1-4H3. The number of carbonyl (C=O) groups is 1. The van der Waals surface area contributed by atoms with Gasteiger partial charge in [0.15, 0.2) is 0 Å². The fraction of sp³-hybridized carbons (Fsp3) is 0.533. The van der Waals surface area contributed by atoms with E-state index >= 15 is 0 Å². The Balaban J connectivity index is 2.26. The van der Waals surface area contributed by atoms with Crippen LogP contribution >= 0.6 is 0 Å². The molecule has 2 rings (SSSR count). The van der Waals surface area contributed by atoms with Gasteiger partial charge in [0.2, 0.25) is 5.91 Å². The summed E-state index contributed by atoms with van der Waals surface area (Å²) in [4.78, 5) is 13.5. The van der Waals surface area contributed by atoms with Crippen molar-refractivity contribution in [2.45, 2.75) is 44.9 Å². The van der Waals surface area contributed by atoms with Crippen LogP contribution in [0.3, 0.4) is 0 Å². The summed E-state index contributed by atoms with van der Waals surface area (Å²) in [5.41, 5.74) is 1.97. The smallest absolute Gasteiger partial charge is 0.223 e. The number of nitrogens with zero attached hydrogens (tertiary/aromatic N) is 1. The fourth-order valence-electron chi connectivity index (χ4n) is 2.32. The molecule has 0 aromatic heterocycles. The van der Waals surface area contributed by atoms with Crippen LogP contribution in [0.2, 0.25) is 0 Å². The van der Waals surface area contributed by atoms with Crippen molar-refractivity contribution in [1.82, 2.24) is 4.72 Å². The summed E-state index contributed by atoms with van der Waals surface area (Å²) in [6, 6.07) is 7.86. The van der Waals surface area contributed by atoms with Crippen LogP contribution in [0, 0.1) is 0 Å². The van der Waals surface area contributed by atoms with Crippen molar-refractivity contribution in [3.05, 3.63) is 29.8 Å². The SMILES string of the molecule is CC(=O)N1CCC(N[S+]([O-])C(C)(C)C)c2ccccc21. The van der Waals surface area contributed by atoms with Gasteiger partial charge >= 0.3 is 0 Å². The Labute approximate surface area is 123 Å². The molecule has 0 spiro atoms. The van der Waals surface area contributed by atoms with Gasteiger partial charge in [-0.15, -0.1) is 4.72 Å². The Morgan fingerprint density at radius 1 is 1.40 bits per heavy atom. The monoisotopic (exact) mass is 294 g/mol. The number of para-hydroxylation sites is 1. The summed E-state index contributed by atoms with van der Waals surface area (Å²) in [5, 5.41) is 0. The van der Waals surface area contributed by atoms with Crippen LogP contribution in [0.4, 0.5) is 5.69 Å². The average Bonchev–Trinajstić information content (AvgIpc) is 2.37. The van der Waals surface area contributed by atoms with Gasteiger partial charge in [0.25, 0.3) is 0 Å². The first-order valence-corrected chi connectivity index (χ1v) is 8.01. The van der Waals surface area contributed by atoms with E-state index in [0.29, 0.717) is 6.54 Å². The van der Waals surface area contributed by atoms with E-state index in [2.05, 4.69) is 4.72 Å². The van der Waals surface area contributed by atoms with Crippen LogP contribution in [0.5, 0.6) is 0 Å². The molecule has 0 radical (unpaired) electrons. The zero-order valence-corrected chi connectivity index (χ0v) is 13.3. The van der Waals surface area contributed by atoms with E-state index in [9.17, 15) is 9.35 Å². The summed E-state index contributed by atoms with van der Waals surface area (Å²) in [6.07, 6.45) is 0.776. The number of hydrogen-bond acceptors (Lipinski definition) is 3. The maximum absolute atomic E-state index is 12.3. The predicted molar refractivity (Wildman–Crippen MR) is 82.9 cm³/mol. The molecule has 0 saturated carbocycles. The van der Waals surface area contributed by atoms with E-state index in [1.54, 1.807) is 11.8 Å².